The molecule has 1 heteroatoms. The Morgan fingerprint density at radius 2 is 1.42 bits per heavy atom. The molecule has 0 aliphatic rings. The molecule has 0 aliphatic heterocycles. The van der Waals surface area contributed by atoms with Crippen LogP contribution in [0.3, 0.4) is 0 Å². The molecule has 0 bridgehead atoms. The Labute approximate surface area is 157 Å². The highest BCUT2D eigenvalue weighted by molar-refractivity contribution is 6.22. The Kier molecular flexibility index (Phi) is 6.52. The molecular formula is C25H29N. The maximum Gasteiger partial charge on any atom is 0.0460 e. The lowest BCUT2D eigenvalue weighted by Crippen LogP contribution is -2.28. The van der Waals surface area contributed by atoms with Gasteiger partial charge in [0.05, 0.1) is 0 Å². The van der Waals surface area contributed by atoms with Crippen molar-refractivity contribution in [3.05, 3.63) is 87.9 Å². The van der Waals surface area contributed by atoms with Crippen LogP contribution in [-0.2, 0) is 0 Å². The summed E-state index contributed by atoms with van der Waals surface area (Å²) in [5.74, 6) is 0. The Bertz CT molecular complexity index is 979. The largest absolute Gasteiger partial charge is 0.258 e. The third-order valence-electron chi connectivity index (χ3n) is 4.63. The van der Waals surface area contributed by atoms with E-state index < -0.39 is 0 Å². The van der Waals surface area contributed by atoms with Crippen molar-refractivity contribution in [3.8, 4) is 0 Å². The Morgan fingerprint density at radius 1 is 0.846 bits per heavy atom. The SMILES string of the molecule is C=C(C)c1ccc(/C(C(C)=NC(C)=C(C)C)=c2\cccc\c2=C\C)cc1. The molecule has 0 saturated heterocycles. The summed E-state index contributed by atoms with van der Waals surface area (Å²) >= 11 is 0. The molecule has 0 radical (unpaired) electrons. The Morgan fingerprint density at radius 3 is 1.96 bits per heavy atom. The van der Waals surface area contributed by atoms with Gasteiger partial charge in [0.1, 0.15) is 0 Å². The van der Waals surface area contributed by atoms with E-state index in [1.165, 1.54) is 32.7 Å². The van der Waals surface area contributed by atoms with Gasteiger partial charge in [0, 0.05) is 17.0 Å². The van der Waals surface area contributed by atoms with E-state index in [-0.39, 0.29) is 0 Å². The van der Waals surface area contributed by atoms with E-state index in [9.17, 15) is 0 Å². The molecule has 0 unspecified atom stereocenters. The number of hydrogen-bond donors (Lipinski definition) is 0. The van der Waals surface area contributed by atoms with E-state index in [0.29, 0.717) is 0 Å². The van der Waals surface area contributed by atoms with E-state index >= 15 is 0 Å². The fourth-order valence-electron chi connectivity index (χ4n) is 2.88. The van der Waals surface area contributed by atoms with Gasteiger partial charge in [0.25, 0.3) is 0 Å². The molecule has 0 heterocycles. The summed E-state index contributed by atoms with van der Waals surface area (Å²) in [7, 11) is 0. The maximum atomic E-state index is 4.89. The molecule has 0 amide bonds. The van der Waals surface area contributed by atoms with Crippen molar-refractivity contribution in [2.45, 2.75) is 41.5 Å². The molecule has 2 aromatic carbocycles. The second-order valence-electron chi connectivity index (χ2n) is 6.89. The monoisotopic (exact) mass is 343 g/mol. The van der Waals surface area contributed by atoms with Gasteiger partial charge in [-0.15, -0.1) is 0 Å². The molecule has 26 heavy (non-hydrogen) atoms. The third kappa shape index (κ3) is 4.49. The zero-order valence-corrected chi connectivity index (χ0v) is 16.9. The van der Waals surface area contributed by atoms with E-state index in [0.717, 1.165) is 17.0 Å². The number of allylic oxidation sites excluding steroid dienone is 3. The molecule has 0 N–H and O–H groups in total. The Balaban J connectivity index is 2.84. The van der Waals surface area contributed by atoms with Crippen LogP contribution in [0.1, 0.15) is 52.7 Å². The Hall–Kier alpha value is -2.67. The van der Waals surface area contributed by atoms with Crippen molar-refractivity contribution in [3.63, 3.8) is 0 Å². The molecule has 0 atom stereocenters. The predicted octanol–water partition coefficient (Wildman–Crippen LogP) is 5.49. The van der Waals surface area contributed by atoms with Gasteiger partial charge < -0.3 is 0 Å². The minimum Gasteiger partial charge on any atom is -0.258 e. The molecule has 0 spiro atoms. The van der Waals surface area contributed by atoms with Gasteiger partial charge in [0.2, 0.25) is 0 Å². The second kappa shape index (κ2) is 8.62. The molecule has 0 fully saturated rings. The second-order valence-corrected chi connectivity index (χ2v) is 6.89. The number of nitrogens with zero attached hydrogens (tertiary/aromatic N) is 1. The van der Waals surface area contributed by atoms with Crippen LogP contribution in [-0.4, -0.2) is 5.71 Å². The molecule has 1 nitrogen and oxygen atoms in total. The summed E-state index contributed by atoms with van der Waals surface area (Å²) < 4.78 is 0. The third-order valence-corrected chi connectivity index (χ3v) is 4.63. The summed E-state index contributed by atoms with van der Waals surface area (Å²) in [5, 5.41) is 2.43. The van der Waals surface area contributed by atoms with Crippen molar-refractivity contribution >= 4 is 22.9 Å². The quantitative estimate of drug-likeness (QED) is 0.651. The number of aliphatic imine (C=N–C) groups is 1. The number of benzene rings is 2. The summed E-state index contributed by atoms with van der Waals surface area (Å²) in [4.78, 5) is 4.89. The van der Waals surface area contributed by atoms with Crippen LogP contribution in [0.25, 0.3) is 17.2 Å². The van der Waals surface area contributed by atoms with E-state index in [1.54, 1.807) is 0 Å². The topological polar surface area (TPSA) is 12.4 Å². The lowest BCUT2D eigenvalue weighted by molar-refractivity contribution is 1.19. The van der Waals surface area contributed by atoms with E-state index in [2.05, 4.69) is 95.8 Å². The van der Waals surface area contributed by atoms with Crippen LogP contribution < -0.4 is 10.4 Å². The zero-order valence-electron chi connectivity index (χ0n) is 16.9. The van der Waals surface area contributed by atoms with Crippen LogP contribution in [0.15, 0.2) is 71.4 Å². The van der Waals surface area contributed by atoms with Crippen molar-refractivity contribution in [1.82, 2.24) is 0 Å². The number of rotatable bonds is 4. The minimum absolute atomic E-state index is 1.03. The van der Waals surface area contributed by atoms with Crippen LogP contribution in [0.4, 0.5) is 0 Å². The first-order valence-corrected chi connectivity index (χ1v) is 9.07. The van der Waals surface area contributed by atoms with Gasteiger partial charge in [-0.3, -0.25) is 4.99 Å². The van der Waals surface area contributed by atoms with Crippen molar-refractivity contribution in [2.24, 2.45) is 4.99 Å². The van der Waals surface area contributed by atoms with Crippen molar-refractivity contribution in [2.75, 3.05) is 0 Å². The zero-order chi connectivity index (χ0) is 19.3. The highest BCUT2D eigenvalue weighted by Crippen LogP contribution is 2.19. The summed E-state index contributed by atoms with van der Waals surface area (Å²) in [5.41, 5.74) is 7.92. The van der Waals surface area contributed by atoms with Gasteiger partial charge in [0.15, 0.2) is 0 Å². The van der Waals surface area contributed by atoms with Crippen LogP contribution in [0, 0.1) is 0 Å². The van der Waals surface area contributed by atoms with Crippen molar-refractivity contribution < 1.29 is 0 Å². The van der Waals surface area contributed by atoms with Crippen LogP contribution >= 0.6 is 0 Å². The van der Waals surface area contributed by atoms with Crippen LogP contribution in [0.2, 0.25) is 0 Å². The summed E-state index contributed by atoms with van der Waals surface area (Å²) in [6.45, 7) is 16.5. The van der Waals surface area contributed by atoms with Gasteiger partial charge in [-0.05, 0) is 63.1 Å². The molecule has 2 aromatic rings. The lowest BCUT2D eigenvalue weighted by atomic mass is 9.96. The fraction of sp³-hybridized carbons (Fsp3) is 0.240. The standard InChI is InChI=1S/C25H29N/c1-8-21-11-9-10-12-24(21)25(20(7)26-19(6)17(2)3)23-15-13-22(14-16-23)18(4)5/h8-16H,4H2,1-3,5-7H3/b21-8-,25-24+,26-20?. The first-order valence-electron chi connectivity index (χ1n) is 9.07. The normalized spacial score (nSPS) is 13.5. The molecule has 2 rings (SSSR count). The first kappa shape index (κ1) is 19.7. The highest BCUT2D eigenvalue weighted by Gasteiger charge is 2.09. The summed E-state index contributed by atoms with van der Waals surface area (Å²) in [6, 6.07) is 17.1. The number of hydrogen-bond acceptors (Lipinski definition) is 1. The predicted molar refractivity (Wildman–Crippen MR) is 117 cm³/mol. The lowest BCUT2D eigenvalue weighted by Gasteiger charge is -2.11. The smallest absolute Gasteiger partial charge is 0.0460 e. The van der Waals surface area contributed by atoms with E-state index in [4.69, 9.17) is 4.99 Å². The molecule has 134 valence electrons. The fourth-order valence-corrected chi connectivity index (χ4v) is 2.88. The first-order chi connectivity index (χ1) is 12.3. The highest BCUT2D eigenvalue weighted by atomic mass is 14.7. The van der Waals surface area contributed by atoms with Gasteiger partial charge in [-0.2, -0.15) is 0 Å². The molecule has 0 saturated carbocycles. The van der Waals surface area contributed by atoms with E-state index in [1.807, 2.05) is 6.92 Å². The van der Waals surface area contributed by atoms with Crippen LogP contribution in [0.5, 0.6) is 0 Å². The van der Waals surface area contributed by atoms with Gasteiger partial charge >= 0.3 is 0 Å². The minimum atomic E-state index is 1.03. The average Bonchev–Trinajstić information content (AvgIpc) is 2.62. The van der Waals surface area contributed by atoms with Gasteiger partial charge in [-0.1, -0.05) is 72.3 Å². The average molecular weight is 344 g/mol. The van der Waals surface area contributed by atoms with Crippen molar-refractivity contribution in [1.29, 1.82) is 0 Å². The van der Waals surface area contributed by atoms with Gasteiger partial charge in [-0.25, -0.2) is 0 Å². The summed E-state index contributed by atoms with van der Waals surface area (Å²) in [6.07, 6.45) is 2.15. The molecule has 0 aromatic heterocycles. The molecular weight excluding hydrogens is 314 g/mol. The maximum absolute atomic E-state index is 4.89. The molecule has 0 aliphatic carbocycles.